The van der Waals surface area contributed by atoms with Crippen molar-refractivity contribution in [3.05, 3.63) is 17.5 Å². The van der Waals surface area contributed by atoms with Crippen LogP contribution in [0, 0.1) is 6.92 Å². The van der Waals surface area contributed by atoms with Gasteiger partial charge in [0.2, 0.25) is 0 Å². The Bertz CT molecular complexity index is 302. The van der Waals surface area contributed by atoms with Crippen molar-refractivity contribution in [3.8, 4) is 0 Å². The van der Waals surface area contributed by atoms with E-state index in [1.807, 2.05) is 0 Å². The lowest BCUT2D eigenvalue weighted by Gasteiger charge is -1.99. The van der Waals surface area contributed by atoms with E-state index in [-0.39, 0.29) is 12.1 Å². The monoisotopic (exact) mass is 166 g/mol. The number of ether oxygens (including phenoxy) is 1. The van der Waals surface area contributed by atoms with E-state index in [4.69, 9.17) is 4.74 Å². The van der Waals surface area contributed by atoms with Crippen molar-refractivity contribution < 1.29 is 9.53 Å². The van der Waals surface area contributed by atoms with E-state index in [1.165, 1.54) is 6.20 Å². The molecule has 1 fully saturated rings. The Balaban J connectivity index is 2.07. The molecule has 0 aliphatic heterocycles. The number of hydrogen-bond acceptors (Lipinski definition) is 3. The highest BCUT2D eigenvalue weighted by Crippen LogP contribution is 2.24. The molecular formula is C8H10N2O2. The number of H-pyrrole nitrogens is 1. The third-order valence-electron chi connectivity index (χ3n) is 1.85. The minimum Gasteiger partial charge on any atom is -0.459 e. The van der Waals surface area contributed by atoms with Gasteiger partial charge in [-0.3, -0.25) is 5.10 Å². The zero-order chi connectivity index (χ0) is 8.55. The number of carbonyl (C=O) groups excluding carboxylic acids is 1. The molecule has 2 rings (SSSR count). The van der Waals surface area contributed by atoms with E-state index in [1.54, 1.807) is 6.92 Å². The molecule has 4 heteroatoms. The Morgan fingerprint density at radius 1 is 1.75 bits per heavy atom. The maximum Gasteiger partial charge on any atom is 0.341 e. The van der Waals surface area contributed by atoms with Crippen molar-refractivity contribution in [1.82, 2.24) is 10.2 Å². The molecule has 1 N–H and O–H groups in total. The summed E-state index contributed by atoms with van der Waals surface area (Å²) in [6.45, 7) is 1.80. The summed E-state index contributed by atoms with van der Waals surface area (Å²) in [6.07, 6.45) is 3.66. The standard InChI is InChI=1S/C8H10N2O2/c1-5-7(4-9-10-5)8(11)12-6-2-3-6/h4,6H,2-3H2,1H3,(H,9,10). The Morgan fingerprint density at radius 3 is 3.00 bits per heavy atom. The minimum absolute atomic E-state index is 0.159. The number of aromatic nitrogens is 2. The molecule has 1 aromatic rings. The molecule has 64 valence electrons. The molecule has 1 aromatic heterocycles. The second kappa shape index (κ2) is 2.62. The van der Waals surface area contributed by atoms with Gasteiger partial charge < -0.3 is 4.74 Å². The lowest BCUT2D eigenvalue weighted by Crippen LogP contribution is -2.06. The van der Waals surface area contributed by atoms with Gasteiger partial charge in [0.1, 0.15) is 11.7 Å². The number of aromatic amines is 1. The first-order valence-corrected chi connectivity index (χ1v) is 3.98. The van der Waals surface area contributed by atoms with E-state index in [0.29, 0.717) is 5.56 Å². The number of aryl methyl sites for hydroxylation is 1. The molecule has 0 unspecified atom stereocenters. The molecule has 1 aliphatic rings. The highest BCUT2D eigenvalue weighted by molar-refractivity contribution is 5.90. The fourth-order valence-corrected chi connectivity index (χ4v) is 0.957. The first-order chi connectivity index (χ1) is 5.77. The van der Waals surface area contributed by atoms with E-state index in [2.05, 4.69) is 10.2 Å². The summed E-state index contributed by atoms with van der Waals surface area (Å²) in [5, 5.41) is 6.44. The number of hydrogen-bond donors (Lipinski definition) is 1. The minimum atomic E-state index is -0.260. The van der Waals surface area contributed by atoms with Crippen LogP contribution in [-0.2, 0) is 4.74 Å². The van der Waals surface area contributed by atoms with Gasteiger partial charge in [-0.1, -0.05) is 0 Å². The summed E-state index contributed by atoms with van der Waals surface area (Å²) in [7, 11) is 0. The van der Waals surface area contributed by atoms with E-state index >= 15 is 0 Å². The van der Waals surface area contributed by atoms with Crippen LogP contribution in [-0.4, -0.2) is 22.3 Å². The van der Waals surface area contributed by atoms with Crippen LogP contribution in [0.3, 0.4) is 0 Å². The van der Waals surface area contributed by atoms with Crippen LogP contribution in [0.5, 0.6) is 0 Å². The number of carbonyl (C=O) groups is 1. The Kier molecular flexibility index (Phi) is 1.60. The molecule has 1 heterocycles. The SMILES string of the molecule is Cc1[nH]ncc1C(=O)OC1CC1. The summed E-state index contributed by atoms with van der Waals surface area (Å²) in [5.41, 5.74) is 1.31. The number of nitrogens with one attached hydrogen (secondary N) is 1. The van der Waals surface area contributed by atoms with Gasteiger partial charge in [0.25, 0.3) is 0 Å². The predicted molar refractivity (Wildman–Crippen MR) is 41.8 cm³/mol. The quantitative estimate of drug-likeness (QED) is 0.668. The van der Waals surface area contributed by atoms with Crippen molar-refractivity contribution in [2.24, 2.45) is 0 Å². The second-order valence-electron chi connectivity index (χ2n) is 3.01. The molecule has 0 radical (unpaired) electrons. The van der Waals surface area contributed by atoms with Crippen LogP contribution in [0.4, 0.5) is 0 Å². The van der Waals surface area contributed by atoms with E-state index in [0.717, 1.165) is 18.5 Å². The van der Waals surface area contributed by atoms with Crippen LogP contribution >= 0.6 is 0 Å². The summed E-state index contributed by atoms with van der Waals surface area (Å²) >= 11 is 0. The number of nitrogens with zero attached hydrogens (tertiary/aromatic N) is 1. The molecule has 4 nitrogen and oxygen atoms in total. The van der Waals surface area contributed by atoms with Gasteiger partial charge in [-0.15, -0.1) is 0 Å². The molecule has 0 atom stereocenters. The smallest absolute Gasteiger partial charge is 0.341 e. The second-order valence-corrected chi connectivity index (χ2v) is 3.01. The molecule has 0 spiro atoms. The molecule has 0 saturated heterocycles. The molecule has 1 saturated carbocycles. The third-order valence-corrected chi connectivity index (χ3v) is 1.85. The highest BCUT2D eigenvalue weighted by atomic mass is 16.5. The van der Waals surface area contributed by atoms with E-state index < -0.39 is 0 Å². The first kappa shape index (κ1) is 7.34. The van der Waals surface area contributed by atoms with Gasteiger partial charge in [-0.05, 0) is 19.8 Å². The largest absolute Gasteiger partial charge is 0.459 e. The van der Waals surface area contributed by atoms with Gasteiger partial charge >= 0.3 is 5.97 Å². The predicted octanol–water partition coefficient (Wildman–Crippen LogP) is 1.04. The van der Waals surface area contributed by atoms with Crippen LogP contribution < -0.4 is 0 Å². The van der Waals surface area contributed by atoms with Crippen molar-refractivity contribution in [2.75, 3.05) is 0 Å². The fourth-order valence-electron chi connectivity index (χ4n) is 0.957. The maximum atomic E-state index is 11.3. The average Bonchev–Trinajstić information content (AvgIpc) is 2.72. The molecule has 0 bridgehead atoms. The van der Waals surface area contributed by atoms with Gasteiger partial charge in [0.05, 0.1) is 6.20 Å². The van der Waals surface area contributed by atoms with Gasteiger partial charge in [0.15, 0.2) is 0 Å². The van der Waals surface area contributed by atoms with Crippen molar-refractivity contribution in [1.29, 1.82) is 0 Å². The van der Waals surface area contributed by atoms with E-state index in [9.17, 15) is 4.79 Å². The topological polar surface area (TPSA) is 55.0 Å². The molecule has 12 heavy (non-hydrogen) atoms. The third kappa shape index (κ3) is 1.32. The van der Waals surface area contributed by atoms with Gasteiger partial charge in [-0.25, -0.2) is 4.79 Å². The zero-order valence-corrected chi connectivity index (χ0v) is 6.83. The van der Waals surface area contributed by atoms with Crippen molar-refractivity contribution in [3.63, 3.8) is 0 Å². The highest BCUT2D eigenvalue weighted by Gasteiger charge is 2.27. The van der Waals surface area contributed by atoms with Gasteiger partial charge in [-0.2, -0.15) is 5.10 Å². The Hall–Kier alpha value is -1.32. The first-order valence-electron chi connectivity index (χ1n) is 3.98. The fraction of sp³-hybridized carbons (Fsp3) is 0.500. The Morgan fingerprint density at radius 2 is 2.50 bits per heavy atom. The van der Waals surface area contributed by atoms with Crippen LogP contribution in [0.2, 0.25) is 0 Å². The summed E-state index contributed by atoms with van der Waals surface area (Å²) < 4.78 is 5.09. The summed E-state index contributed by atoms with van der Waals surface area (Å²) in [5.74, 6) is -0.260. The average molecular weight is 166 g/mol. The lowest BCUT2D eigenvalue weighted by atomic mass is 10.3. The molecular weight excluding hydrogens is 156 g/mol. The Labute approximate surface area is 69.9 Å². The summed E-state index contributed by atoms with van der Waals surface area (Å²) in [4.78, 5) is 11.3. The molecule has 1 aliphatic carbocycles. The van der Waals surface area contributed by atoms with Gasteiger partial charge in [0, 0.05) is 5.69 Å². The maximum absolute atomic E-state index is 11.3. The van der Waals surface area contributed by atoms with Crippen LogP contribution in [0.15, 0.2) is 6.20 Å². The number of esters is 1. The van der Waals surface area contributed by atoms with Crippen LogP contribution in [0.25, 0.3) is 0 Å². The normalized spacial score (nSPS) is 16.1. The molecule has 0 amide bonds. The lowest BCUT2D eigenvalue weighted by molar-refractivity contribution is 0.0471. The van der Waals surface area contributed by atoms with Crippen molar-refractivity contribution >= 4 is 5.97 Å². The number of rotatable bonds is 2. The van der Waals surface area contributed by atoms with Crippen LogP contribution in [0.1, 0.15) is 28.9 Å². The summed E-state index contributed by atoms with van der Waals surface area (Å²) in [6, 6.07) is 0. The molecule has 0 aromatic carbocycles. The zero-order valence-electron chi connectivity index (χ0n) is 6.83. The van der Waals surface area contributed by atoms with Crippen molar-refractivity contribution in [2.45, 2.75) is 25.9 Å².